The van der Waals surface area contributed by atoms with Crippen LogP contribution in [-0.4, -0.2) is 53.7 Å². The molecule has 1 saturated heterocycles. The molecule has 35 heavy (non-hydrogen) atoms. The van der Waals surface area contributed by atoms with E-state index < -0.39 is 23.4 Å². The van der Waals surface area contributed by atoms with E-state index in [1.54, 1.807) is 4.90 Å². The predicted octanol–water partition coefficient (Wildman–Crippen LogP) is 4.65. The standard InChI is InChI=1S/C28H34N2O5/c1-18-14-19(26(32)33)12-13-30(18)25(31)15-28(2,3)17-29-27(34)35-16-24-22-10-6-4-8-20(22)21-9-5-7-11-23(21)24/h4-11,18-19,24H,12-17H2,1-3H3,(H,29,34)(H,32,33). The van der Waals surface area contributed by atoms with Crippen molar-refractivity contribution in [3.05, 3.63) is 59.7 Å². The Morgan fingerprint density at radius 2 is 1.66 bits per heavy atom. The van der Waals surface area contributed by atoms with Crippen LogP contribution >= 0.6 is 0 Å². The molecule has 1 heterocycles. The summed E-state index contributed by atoms with van der Waals surface area (Å²) in [7, 11) is 0. The lowest BCUT2D eigenvalue weighted by molar-refractivity contribution is -0.148. The number of nitrogens with one attached hydrogen (secondary N) is 1. The average Bonchev–Trinajstić information content (AvgIpc) is 3.14. The Kier molecular flexibility index (Phi) is 7.15. The summed E-state index contributed by atoms with van der Waals surface area (Å²) < 4.78 is 5.61. The lowest BCUT2D eigenvalue weighted by Crippen LogP contribution is -2.48. The Balaban J connectivity index is 1.28. The molecule has 1 aliphatic heterocycles. The quantitative estimate of drug-likeness (QED) is 0.604. The molecule has 1 fully saturated rings. The zero-order chi connectivity index (χ0) is 25.2. The Bertz CT molecular complexity index is 1070. The molecule has 2 unspecified atom stereocenters. The SMILES string of the molecule is CC1CC(C(=O)O)CCN1C(=O)CC(C)(C)CNC(=O)OCC1c2ccccc2-c2ccccc21. The maximum Gasteiger partial charge on any atom is 0.407 e. The molecule has 0 radical (unpaired) electrons. The first kappa shape index (κ1) is 24.8. The fraction of sp³-hybridized carbons (Fsp3) is 0.464. The summed E-state index contributed by atoms with van der Waals surface area (Å²) in [5.74, 6) is -1.20. The molecular formula is C28H34N2O5. The monoisotopic (exact) mass is 478 g/mol. The van der Waals surface area contributed by atoms with Gasteiger partial charge < -0.3 is 20.1 Å². The van der Waals surface area contributed by atoms with E-state index in [0.29, 0.717) is 25.9 Å². The van der Waals surface area contributed by atoms with E-state index in [1.807, 2.05) is 45.0 Å². The lowest BCUT2D eigenvalue weighted by atomic mass is 9.86. The fourth-order valence-electron chi connectivity index (χ4n) is 5.30. The van der Waals surface area contributed by atoms with Crippen molar-refractivity contribution in [2.24, 2.45) is 11.3 Å². The number of carboxylic acids is 1. The van der Waals surface area contributed by atoms with E-state index in [9.17, 15) is 19.5 Å². The summed E-state index contributed by atoms with van der Waals surface area (Å²) in [6, 6.07) is 16.3. The van der Waals surface area contributed by atoms with Gasteiger partial charge in [0, 0.05) is 31.5 Å². The molecule has 0 aromatic heterocycles. The zero-order valence-corrected chi connectivity index (χ0v) is 20.6. The van der Waals surface area contributed by atoms with Crippen molar-refractivity contribution in [2.75, 3.05) is 19.7 Å². The third kappa shape index (κ3) is 5.50. The van der Waals surface area contributed by atoms with E-state index in [4.69, 9.17) is 4.74 Å². The van der Waals surface area contributed by atoms with E-state index in [0.717, 1.165) is 11.1 Å². The summed E-state index contributed by atoms with van der Waals surface area (Å²) in [4.78, 5) is 38.5. The van der Waals surface area contributed by atoms with Crippen LogP contribution in [-0.2, 0) is 14.3 Å². The number of hydrogen-bond donors (Lipinski definition) is 2. The smallest absolute Gasteiger partial charge is 0.407 e. The number of carbonyl (C=O) groups excluding carboxylic acids is 2. The van der Waals surface area contributed by atoms with Gasteiger partial charge >= 0.3 is 12.1 Å². The van der Waals surface area contributed by atoms with Gasteiger partial charge in [-0.2, -0.15) is 0 Å². The van der Waals surface area contributed by atoms with Gasteiger partial charge in [-0.05, 0) is 47.4 Å². The van der Waals surface area contributed by atoms with E-state index in [-0.39, 0.29) is 30.9 Å². The molecule has 0 spiro atoms. The number of ether oxygens (including phenoxy) is 1. The van der Waals surface area contributed by atoms with Crippen LogP contribution in [0.15, 0.2) is 48.5 Å². The van der Waals surface area contributed by atoms with Crippen LogP contribution in [0.3, 0.4) is 0 Å². The molecule has 7 heteroatoms. The van der Waals surface area contributed by atoms with Crippen LogP contribution in [0.2, 0.25) is 0 Å². The molecule has 2 atom stereocenters. The number of aliphatic carboxylic acids is 1. The van der Waals surface area contributed by atoms with Crippen LogP contribution < -0.4 is 5.32 Å². The number of benzene rings is 2. The third-order valence-corrected chi connectivity index (χ3v) is 7.23. The second kappa shape index (κ2) is 10.1. The number of fused-ring (bicyclic) bond motifs is 3. The Labute approximate surface area is 206 Å². The second-order valence-electron chi connectivity index (χ2n) is 10.5. The highest BCUT2D eigenvalue weighted by molar-refractivity contribution is 5.79. The Hall–Kier alpha value is -3.35. The number of rotatable bonds is 7. The number of carbonyl (C=O) groups is 3. The summed E-state index contributed by atoms with van der Waals surface area (Å²) in [6.45, 7) is 6.76. The Morgan fingerprint density at radius 3 is 2.23 bits per heavy atom. The molecule has 2 N–H and O–H groups in total. The van der Waals surface area contributed by atoms with Crippen LogP contribution in [0.1, 0.15) is 57.1 Å². The van der Waals surface area contributed by atoms with Gasteiger partial charge in [-0.1, -0.05) is 62.4 Å². The minimum Gasteiger partial charge on any atom is -0.481 e. The van der Waals surface area contributed by atoms with Crippen molar-refractivity contribution < 1.29 is 24.2 Å². The molecule has 0 bridgehead atoms. The van der Waals surface area contributed by atoms with E-state index in [2.05, 4.69) is 29.6 Å². The van der Waals surface area contributed by atoms with Gasteiger partial charge in [-0.3, -0.25) is 9.59 Å². The van der Waals surface area contributed by atoms with Crippen molar-refractivity contribution in [3.8, 4) is 11.1 Å². The van der Waals surface area contributed by atoms with Crippen molar-refractivity contribution >= 4 is 18.0 Å². The van der Waals surface area contributed by atoms with Crippen molar-refractivity contribution in [3.63, 3.8) is 0 Å². The summed E-state index contributed by atoms with van der Waals surface area (Å²) in [6.07, 6.45) is 0.713. The second-order valence-corrected chi connectivity index (χ2v) is 10.5. The molecule has 1 aliphatic carbocycles. The molecule has 4 rings (SSSR count). The lowest BCUT2D eigenvalue weighted by Gasteiger charge is -2.38. The topological polar surface area (TPSA) is 95.9 Å². The summed E-state index contributed by atoms with van der Waals surface area (Å²) >= 11 is 0. The largest absolute Gasteiger partial charge is 0.481 e. The van der Waals surface area contributed by atoms with Crippen LogP contribution in [0.5, 0.6) is 0 Å². The fourth-order valence-corrected chi connectivity index (χ4v) is 5.30. The first-order chi connectivity index (χ1) is 16.7. The zero-order valence-electron chi connectivity index (χ0n) is 20.6. The van der Waals surface area contributed by atoms with Gasteiger partial charge in [0.25, 0.3) is 0 Å². The molecule has 0 saturated carbocycles. The van der Waals surface area contributed by atoms with Crippen LogP contribution in [0, 0.1) is 11.3 Å². The molecule has 186 valence electrons. The Morgan fingerprint density at radius 1 is 1.06 bits per heavy atom. The number of hydrogen-bond acceptors (Lipinski definition) is 4. The van der Waals surface area contributed by atoms with Gasteiger partial charge in [0.05, 0.1) is 5.92 Å². The number of nitrogens with zero attached hydrogens (tertiary/aromatic N) is 1. The van der Waals surface area contributed by atoms with Gasteiger partial charge in [0.1, 0.15) is 6.61 Å². The van der Waals surface area contributed by atoms with E-state index >= 15 is 0 Å². The first-order valence-corrected chi connectivity index (χ1v) is 12.3. The minimum atomic E-state index is -0.795. The minimum absolute atomic E-state index is 0.00189. The van der Waals surface area contributed by atoms with Crippen molar-refractivity contribution in [1.29, 1.82) is 0 Å². The highest BCUT2D eigenvalue weighted by Crippen LogP contribution is 2.44. The molecule has 2 aromatic rings. The van der Waals surface area contributed by atoms with Crippen LogP contribution in [0.25, 0.3) is 11.1 Å². The summed E-state index contributed by atoms with van der Waals surface area (Å²) in [5, 5.41) is 12.1. The highest BCUT2D eigenvalue weighted by atomic mass is 16.5. The number of piperidine rings is 1. The van der Waals surface area contributed by atoms with E-state index in [1.165, 1.54) is 11.1 Å². The highest BCUT2D eigenvalue weighted by Gasteiger charge is 2.35. The van der Waals surface area contributed by atoms with Gasteiger partial charge in [-0.25, -0.2) is 4.79 Å². The molecule has 2 aliphatic rings. The number of alkyl carbamates (subject to hydrolysis) is 1. The third-order valence-electron chi connectivity index (χ3n) is 7.23. The van der Waals surface area contributed by atoms with Gasteiger partial charge in [0.15, 0.2) is 0 Å². The van der Waals surface area contributed by atoms with Crippen molar-refractivity contribution in [2.45, 2.75) is 52.0 Å². The van der Waals surface area contributed by atoms with Gasteiger partial charge in [0.2, 0.25) is 5.91 Å². The molecular weight excluding hydrogens is 444 g/mol. The maximum atomic E-state index is 12.9. The summed E-state index contributed by atoms with van der Waals surface area (Å²) in [5.41, 5.74) is 4.21. The first-order valence-electron chi connectivity index (χ1n) is 12.3. The van der Waals surface area contributed by atoms with Crippen LogP contribution in [0.4, 0.5) is 4.79 Å². The molecule has 2 amide bonds. The normalized spacial score (nSPS) is 19.6. The predicted molar refractivity (Wildman–Crippen MR) is 133 cm³/mol. The number of carboxylic acid groups (broad SMARTS) is 1. The number of likely N-dealkylation sites (tertiary alicyclic amines) is 1. The number of amides is 2. The molecule has 2 aromatic carbocycles. The average molecular weight is 479 g/mol. The molecule has 7 nitrogen and oxygen atoms in total. The van der Waals surface area contributed by atoms with Crippen molar-refractivity contribution in [1.82, 2.24) is 10.2 Å². The maximum absolute atomic E-state index is 12.9. The van der Waals surface area contributed by atoms with Gasteiger partial charge in [-0.15, -0.1) is 0 Å².